The monoisotopic (exact) mass is 396 g/mol. The summed E-state index contributed by atoms with van der Waals surface area (Å²) >= 11 is 7.39. The van der Waals surface area contributed by atoms with Crippen LogP contribution in [0.15, 0.2) is 22.2 Å². The minimum Gasteiger partial charge on any atom is -0.396 e. The highest BCUT2D eigenvalue weighted by atomic mass is 35.5. The Morgan fingerprint density at radius 3 is 3.00 bits per heavy atom. The van der Waals surface area contributed by atoms with E-state index in [-0.39, 0.29) is 17.9 Å². The molecule has 4 heterocycles. The van der Waals surface area contributed by atoms with Gasteiger partial charge >= 0.3 is 0 Å². The van der Waals surface area contributed by atoms with Gasteiger partial charge in [0.15, 0.2) is 5.15 Å². The first kappa shape index (κ1) is 17.9. The molecular formula is C17H21ClN4O3S. The molecule has 9 heteroatoms. The number of aliphatic hydroxyl groups excluding tert-OH is 1. The Labute approximate surface area is 160 Å². The number of hydrogen-bond donors (Lipinski definition) is 1. The summed E-state index contributed by atoms with van der Waals surface area (Å²) in [5.41, 5.74) is -0.220. The normalized spacial score (nSPS) is 25.8. The number of aryl methyl sites for hydroxylation is 1. The highest BCUT2D eigenvalue weighted by Crippen LogP contribution is 2.42. The van der Waals surface area contributed by atoms with Gasteiger partial charge in [-0.25, -0.2) is 4.98 Å². The topological polar surface area (TPSA) is 82.7 Å². The molecule has 0 spiro atoms. The van der Waals surface area contributed by atoms with Crippen molar-refractivity contribution < 1.29 is 14.4 Å². The lowest BCUT2D eigenvalue weighted by atomic mass is 9.82. The number of amides is 1. The quantitative estimate of drug-likeness (QED) is 0.799. The Morgan fingerprint density at radius 2 is 2.35 bits per heavy atom. The molecule has 0 aromatic carbocycles. The van der Waals surface area contributed by atoms with Crippen molar-refractivity contribution in [1.82, 2.24) is 19.9 Å². The van der Waals surface area contributed by atoms with Crippen molar-refractivity contribution in [3.8, 4) is 0 Å². The van der Waals surface area contributed by atoms with Crippen LogP contribution in [0.4, 0.5) is 0 Å². The molecule has 0 saturated carbocycles. The van der Waals surface area contributed by atoms with Crippen LogP contribution < -0.4 is 0 Å². The maximum Gasteiger partial charge on any atom is 0.223 e. The van der Waals surface area contributed by atoms with Crippen molar-refractivity contribution in [2.24, 2.45) is 11.3 Å². The van der Waals surface area contributed by atoms with E-state index >= 15 is 0 Å². The summed E-state index contributed by atoms with van der Waals surface area (Å²) in [5, 5.41) is 17.1. The third-order valence-corrected chi connectivity index (χ3v) is 6.40. The van der Waals surface area contributed by atoms with Crippen LogP contribution in [-0.4, -0.2) is 63.7 Å². The van der Waals surface area contributed by atoms with Gasteiger partial charge in [-0.15, -0.1) is 11.3 Å². The first-order chi connectivity index (χ1) is 12.6. The molecule has 4 rings (SSSR count). The predicted octanol–water partition coefficient (Wildman–Crippen LogP) is 1.67. The van der Waals surface area contributed by atoms with Gasteiger partial charge in [0.25, 0.3) is 0 Å². The molecule has 1 N–H and O–H groups in total. The van der Waals surface area contributed by atoms with Gasteiger partial charge in [-0.05, 0) is 5.92 Å². The lowest BCUT2D eigenvalue weighted by molar-refractivity contribution is -0.130. The number of nitrogens with zero attached hydrogens (tertiary/aromatic N) is 4. The molecule has 1 amide bonds. The van der Waals surface area contributed by atoms with Crippen molar-refractivity contribution >= 4 is 28.8 Å². The second-order valence-corrected chi connectivity index (χ2v) is 8.57. The number of aromatic nitrogens is 2. The van der Waals surface area contributed by atoms with Gasteiger partial charge in [0.05, 0.1) is 13.2 Å². The van der Waals surface area contributed by atoms with Crippen LogP contribution >= 0.6 is 22.9 Å². The van der Waals surface area contributed by atoms with E-state index in [0.29, 0.717) is 42.8 Å². The van der Waals surface area contributed by atoms with Crippen molar-refractivity contribution in [3.63, 3.8) is 0 Å². The fraction of sp³-hybridized carbons (Fsp3) is 0.588. The molecule has 26 heavy (non-hydrogen) atoms. The molecule has 2 aliphatic rings. The molecule has 2 unspecified atom stereocenters. The van der Waals surface area contributed by atoms with Gasteiger partial charge in [0, 0.05) is 62.1 Å². The molecule has 2 aromatic heterocycles. The summed E-state index contributed by atoms with van der Waals surface area (Å²) in [5.74, 6) is 1.01. The van der Waals surface area contributed by atoms with Crippen LogP contribution in [0.2, 0.25) is 5.15 Å². The summed E-state index contributed by atoms with van der Waals surface area (Å²) in [6, 6.07) is 1.64. The second kappa shape index (κ2) is 7.26. The van der Waals surface area contributed by atoms with E-state index < -0.39 is 0 Å². The minimum atomic E-state index is -0.220. The SMILES string of the molecule is O=C(CCc1cc(Cl)no1)N1CC2CN(Cc3nccs3)CC2(CO)C1. The molecule has 2 atom stereocenters. The summed E-state index contributed by atoms with van der Waals surface area (Å²) in [6.07, 6.45) is 2.67. The van der Waals surface area contributed by atoms with Crippen LogP contribution in [0.1, 0.15) is 17.2 Å². The molecule has 2 fully saturated rings. The molecule has 140 valence electrons. The van der Waals surface area contributed by atoms with Gasteiger partial charge < -0.3 is 14.5 Å². The average molecular weight is 397 g/mol. The van der Waals surface area contributed by atoms with E-state index in [4.69, 9.17) is 16.1 Å². The van der Waals surface area contributed by atoms with E-state index in [1.807, 2.05) is 16.5 Å². The van der Waals surface area contributed by atoms with Crippen molar-refractivity contribution in [2.45, 2.75) is 19.4 Å². The third kappa shape index (κ3) is 3.51. The maximum atomic E-state index is 12.6. The first-order valence-corrected chi connectivity index (χ1v) is 9.94. The number of halogens is 1. The Kier molecular flexibility index (Phi) is 5.00. The van der Waals surface area contributed by atoms with E-state index in [1.54, 1.807) is 17.4 Å². The fourth-order valence-electron chi connectivity index (χ4n) is 4.14. The van der Waals surface area contributed by atoms with Gasteiger partial charge in [0.2, 0.25) is 5.91 Å². The average Bonchev–Trinajstić information content (AvgIpc) is 3.37. The zero-order valence-electron chi connectivity index (χ0n) is 14.3. The highest BCUT2D eigenvalue weighted by molar-refractivity contribution is 7.09. The maximum absolute atomic E-state index is 12.6. The third-order valence-electron chi connectivity index (χ3n) is 5.46. The van der Waals surface area contributed by atoms with Crippen LogP contribution in [0.3, 0.4) is 0 Å². The van der Waals surface area contributed by atoms with E-state index in [2.05, 4.69) is 15.0 Å². The van der Waals surface area contributed by atoms with Crippen LogP contribution in [0, 0.1) is 11.3 Å². The number of thiazole rings is 1. The van der Waals surface area contributed by atoms with Gasteiger partial charge in [-0.2, -0.15) is 0 Å². The molecular weight excluding hydrogens is 376 g/mol. The molecule has 2 saturated heterocycles. The van der Waals surface area contributed by atoms with E-state index in [9.17, 15) is 9.90 Å². The van der Waals surface area contributed by atoms with Crippen LogP contribution in [0.5, 0.6) is 0 Å². The summed E-state index contributed by atoms with van der Waals surface area (Å²) in [6.45, 7) is 3.92. The summed E-state index contributed by atoms with van der Waals surface area (Å²) in [4.78, 5) is 21.2. The molecule has 2 aliphatic heterocycles. The fourth-order valence-corrected chi connectivity index (χ4v) is 4.96. The molecule has 0 radical (unpaired) electrons. The van der Waals surface area contributed by atoms with Gasteiger partial charge in [-0.1, -0.05) is 16.8 Å². The number of rotatable bonds is 6. The lowest BCUT2D eigenvalue weighted by Crippen LogP contribution is -2.38. The van der Waals surface area contributed by atoms with Crippen molar-refractivity contribution in [3.05, 3.63) is 33.6 Å². The first-order valence-electron chi connectivity index (χ1n) is 8.68. The number of aliphatic hydroxyl groups is 1. The minimum absolute atomic E-state index is 0.0891. The number of carbonyl (C=O) groups is 1. The standard InChI is InChI=1S/C17H21ClN4O3S/c18-14-5-13(25-20-14)1-2-16(24)22-7-12-6-21(8-15-19-3-4-26-15)9-17(12,10-22)11-23/h3-5,12,23H,1-2,6-11H2. The predicted molar refractivity (Wildman–Crippen MR) is 96.8 cm³/mol. The Balaban J connectivity index is 1.34. The number of hydrogen-bond acceptors (Lipinski definition) is 7. The smallest absolute Gasteiger partial charge is 0.223 e. The molecule has 7 nitrogen and oxygen atoms in total. The van der Waals surface area contributed by atoms with Crippen LogP contribution in [-0.2, 0) is 17.8 Å². The van der Waals surface area contributed by atoms with Gasteiger partial charge in [-0.3, -0.25) is 9.69 Å². The molecule has 0 aliphatic carbocycles. The van der Waals surface area contributed by atoms with Crippen molar-refractivity contribution in [2.75, 3.05) is 32.8 Å². The highest BCUT2D eigenvalue weighted by Gasteiger charge is 2.52. The summed E-state index contributed by atoms with van der Waals surface area (Å²) in [7, 11) is 0. The number of carbonyl (C=O) groups excluding carboxylic acids is 1. The Morgan fingerprint density at radius 1 is 1.46 bits per heavy atom. The van der Waals surface area contributed by atoms with Crippen LogP contribution in [0.25, 0.3) is 0 Å². The Bertz CT molecular complexity index is 768. The van der Waals surface area contributed by atoms with Crippen molar-refractivity contribution in [1.29, 1.82) is 0 Å². The van der Waals surface area contributed by atoms with E-state index in [0.717, 1.165) is 24.6 Å². The van der Waals surface area contributed by atoms with Gasteiger partial charge in [0.1, 0.15) is 10.8 Å². The zero-order chi connectivity index (χ0) is 18.1. The van der Waals surface area contributed by atoms with E-state index in [1.165, 1.54) is 0 Å². The Hall–Kier alpha value is -1.48. The lowest BCUT2D eigenvalue weighted by Gasteiger charge is -2.27. The second-order valence-electron chi connectivity index (χ2n) is 7.20. The summed E-state index contributed by atoms with van der Waals surface area (Å²) < 4.78 is 5.05. The zero-order valence-corrected chi connectivity index (χ0v) is 15.9. The number of likely N-dealkylation sites (tertiary alicyclic amines) is 2. The number of fused-ring (bicyclic) bond motifs is 1. The molecule has 2 aromatic rings. The molecule has 0 bridgehead atoms. The largest absolute Gasteiger partial charge is 0.396 e.